The first kappa shape index (κ1) is 78.3. The summed E-state index contributed by atoms with van der Waals surface area (Å²) in [5.41, 5.74) is 0. The standard InChI is InChI=1S/C77H126O6/c1-4-7-10-13-16-19-22-25-27-29-31-33-35-36-37-38-39-40-42-43-45-47-49-52-55-58-61-64-67-70-76(79)82-73-74(72-81-75(78)69-66-63-60-57-54-51-24-21-18-15-12-9-6-3)83-77(80)71-68-65-62-59-56-53-50-48-46-44-41-34-32-30-28-26-23-20-17-14-11-8-5-2/h7,10,12,15-16,19,21,23-27,30-33,36-37,39-41,43-45,74H,4-6,8-9,11,13-14,17-18,20,22,28-29,34-35,38,42,46-73H2,1-3H3/b10-7-,15-12-,19-16-,24-21-,26-23-,27-25-,32-30-,33-31-,37-36-,40-39-,44-41-,45-43-. The van der Waals surface area contributed by atoms with Crippen LogP contribution in [0.5, 0.6) is 0 Å². The highest BCUT2D eigenvalue weighted by Crippen LogP contribution is 2.15. The minimum absolute atomic E-state index is 0.0960. The van der Waals surface area contributed by atoms with Crippen molar-refractivity contribution in [2.45, 2.75) is 309 Å². The lowest BCUT2D eigenvalue weighted by molar-refractivity contribution is -0.167. The number of hydrogen-bond acceptors (Lipinski definition) is 6. The molecule has 0 aliphatic carbocycles. The lowest BCUT2D eigenvalue weighted by Gasteiger charge is -2.18. The van der Waals surface area contributed by atoms with E-state index in [1.807, 2.05) is 0 Å². The molecule has 0 saturated carbocycles. The Hall–Kier alpha value is -4.71. The molecule has 0 N–H and O–H groups in total. The van der Waals surface area contributed by atoms with Gasteiger partial charge >= 0.3 is 17.9 Å². The molecule has 0 aromatic carbocycles. The first-order valence-electron chi connectivity index (χ1n) is 34.3. The van der Waals surface area contributed by atoms with E-state index in [2.05, 4.69) is 167 Å². The van der Waals surface area contributed by atoms with Crippen LogP contribution in [0.2, 0.25) is 0 Å². The Balaban J connectivity index is 4.38. The molecule has 0 aromatic heterocycles. The molecule has 1 unspecified atom stereocenters. The Morgan fingerprint density at radius 3 is 0.783 bits per heavy atom. The van der Waals surface area contributed by atoms with Crippen molar-refractivity contribution in [2.75, 3.05) is 13.2 Å². The maximum Gasteiger partial charge on any atom is 0.306 e. The Morgan fingerprint density at radius 1 is 0.253 bits per heavy atom. The maximum absolute atomic E-state index is 12.9. The van der Waals surface area contributed by atoms with Crippen molar-refractivity contribution in [3.63, 3.8) is 0 Å². The van der Waals surface area contributed by atoms with Gasteiger partial charge in [-0.2, -0.15) is 0 Å². The molecule has 0 aromatic rings. The molecule has 0 amide bonds. The molecule has 6 nitrogen and oxygen atoms in total. The van der Waals surface area contributed by atoms with E-state index in [1.165, 1.54) is 103 Å². The van der Waals surface area contributed by atoms with Gasteiger partial charge in [-0.15, -0.1) is 0 Å². The number of hydrogen-bond donors (Lipinski definition) is 0. The van der Waals surface area contributed by atoms with E-state index < -0.39 is 6.10 Å². The molecule has 0 bridgehead atoms. The molecule has 83 heavy (non-hydrogen) atoms. The highest BCUT2D eigenvalue weighted by Gasteiger charge is 2.19. The van der Waals surface area contributed by atoms with Crippen molar-refractivity contribution in [2.24, 2.45) is 0 Å². The second-order valence-corrected chi connectivity index (χ2v) is 22.3. The van der Waals surface area contributed by atoms with Crippen molar-refractivity contribution in [3.05, 3.63) is 146 Å². The number of carbonyl (C=O) groups excluding carboxylic acids is 3. The quantitative estimate of drug-likeness (QED) is 0.0261. The zero-order valence-corrected chi connectivity index (χ0v) is 53.9. The summed E-state index contributed by atoms with van der Waals surface area (Å²) in [7, 11) is 0. The Kier molecular flexibility index (Phi) is 65.8. The lowest BCUT2D eigenvalue weighted by atomic mass is 10.1. The van der Waals surface area contributed by atoms with E-state index in [4.69, 9.17) is 14.2 Å². The molecule has 0 aliphatic rings. The molecular weight excluding hydrogens is 1020 g/mol. The fourth-order valence-electron chi connectivity index (χ4n) is 9.17. The van der Waals surface area contributed by atoms with Gasteiger partial charge in [0.25, 0.3) is 0 Å². The number of esters is 3. The van der Waals surface area contributed by atoms with Crippen LogP contribution in [-0.4, -0.2) is 37.2 Å². The Morgan fingerprint density at radius 2 is 0.494 bits per heavy atom. The van der Waals surface area contributed by atoms with Crippen LogP contribution in [0.15, 0.2) is 146 Å². The summed E-state index contributed by atoms with van der Waals surface area (Å²) in [5.74, 6) is -0.925. The van der Waals surface area contributed by atoms with E-state index in [9.17, 15) is 14.4 Å². The molecule has 0 radical (unpaired) electrons. The molecule has 0 fully saturated rings. The first-order chi connectivity index (χ1) is 41.0. The van der Waals surface area contributed by atoms with E-state index in [0.29, 0.717) is 19.3 Å². The maximum atomic E-state index is 12.9. The van der Waals surface area contributed by atoms with E-state index in [0.717, 1.165) is 161 Å². The normalized spacial score (nSPS) is 13.0. The monoisotopic (exact) mass is 1150 g/mol. The van der Waals surface area contributed by atoms with Gasteiger partial charge in [-0.25, -0.2) is 0 Å². The van der Waals surface area contributed by atoms with E-state index in [-0.39, 0.29) is 31.1 Å². The summed E-state index contributed by atoms with van der Waals surface area (Å²) in [6, 6.07) is 0. The summed E-state index contributed by atoms with van der Waals surface area (Å²) in [5, 5.41) is 0. The highest BCUT2D eigenvalue weighted by molar-refractivity contribution is 5.71. The number of unbranched alkanes of at least 4 members (excludes halogenated alkanes) is 26. The van der Waals surface area contributed by atoms with Crippen molar-refractivity contribution in [3.8, 4) is 0 Å². The fourth-order valence-corrected chi connectivity index (χ4v) is 9.17. The fraction of sp³-hybridized carbons (Fsp3) is 0.649. The minimum atomic E-state index is -0.801. The Bertz CT molecular complexity index is 1800. The van der Waals surface area contributed by atoms with Gasteiger partial charge in [0.1, 0.15) is 13.2 Å². The molecular formula is C77H126O6. The summed E-state index contributed by atoms with van der Waals surface area (Å²) < 4.78 is 16.9. The largest absolute Gasteiger partial charge is 0.462 e. The summed E-state index contributed by atoms with van der Waals surface area (Å²) in [4.78, 5) is 38.4. The van der Waals surface area contributed by atoms with Crippen LogP contribution in [-0.2, 0) is 28.6 Å². The average Bonchev–Trinajstić information content (AvgIpc) is 3.49. The summed E-state index contributed by atoms with van der Waals surface area (Å²) in [6.07, 6.45) is 100.0. The molecule has 1 atom stereocenters. The second kappa shape index (κ2) is 69.8. The van der Waals surface area contributed by atoms with Crippen LogP contribution >= 0.6 is 0 Å². The third-order valence-corrected chi connectivity index (χ3v) is 14.3. The van der Waals surface area contributed by atoms with Crippen LogP contribution in [0.25, 0.3) is 0 Å². The number of carbonyl (C=O) groups is 3. The van der Waals surface area contributed by atoms with Crippen LogP contribution < -0.4 is 0 Å². The van der Waals surface area contributed by atoms with Gasteiger partial charge in [0.2, 0.25) is 0 Å². The molecule has 0 saturated heterocycles. The van der Waals surface area contributed by atoms with Crippen LogP contribution in [0.4, 0.5) is 0 Å². The van der Waals surface area contributed by atoms with Crippen LogP contribution in [0.3, 0.4) is 0 Å². The molecule has 0 aliphatic heterocycles. The van der Waals surface area contributed by atoms with E-state index >= 15 is 0 Å². The van der Waals surface area contributed by atoms with Crippen molar-refractivity contribution < 1.29 is 28.6 Å². The van der Waals surface area contributed by atoms with Crippen molar-refractivity contribution in [1.82, 2.24) is 0 Å². The number of rotatable bonds is 61. The van der Waals surface area contributed by atoms with Gasteiger partial charge in [-0.3, -0.25) is 14.4 Å². The highest BCUT2D eigenvalue weighted by atomic mass is 16.6. The molecule has 470 valence electrons. The smallest absolute Gasteiger partial charge is 0.306 e. The van der Waals surface area contributed by atoms with Crippen LogP contribution in [0, 0.1) is 0 Å². The van der Waals surface area contributed by atoms with Gasteiger partial charge in [0, 0.05) is 19.3 Å². The molecule has 6 heteroatoms. The topological polar surface area (TPSA) is 78.9 Å². The third-order valence-electron chi connectivity index (χ3n) is 14.3. The van der Waals surface area contributed by atoms with Gasteiger partial charge in [0.15, 0.2) is 6.10 Å². The number of ether oxygens (including phenoxy) is 3. The second-order valence-electron chi connectivity index (χ2n) is 22.3. The molecule has 0 heterocycles. The molecule has 0 rings (SSSR count). The number of allylic oxidation sites excluding steroid dienone is 24. The average molecular weight is 1150 g/mol. The SMILES string of the molecule is CC/C=C\C/C=C\C/C=C\C/C=C\C/C=C\C/C=C\C/C=C\CCCCCCCCCC(=O)OCC(COC(=O)CCCCCCC/C=C\C/C=C\CCC)OC(=O)CCCCCCCCCC/C=C\C/C=C\C/C=C\CCCCCCC. The minimum Gasteiger partial charge on any atom is -0.462 e. The molecule has 0 spiro atoms. The van der Waals surface area contributed by atoms with Crippen molar-refractivity contribution in [1.29, 1.82) is 0 Å². The predicted octanol–water partition coefficient (Wildman–Crippen LogP) is 23.9. The third kappa shape index (κ3) is 68.0. The van der Waals surface area contributed by atoms with Crippen LogP contribution in [0.1, 0.15) is 303 Å². The van der Waals surface area contributed by atoms with E-state index in [1.54, 1.807) is 0 Å². The summed E-state index contributed by atoms with van der Waals surface area (Å²) in [6.45, 7) is 6.43. The van der Waals surface area contributed by atoms with Gasteiger partial charge in [0.05, 0.1) is 0 Å². The van der Waals surface area contributed by atoms with Gasteiger partial charge < -0.3 is 14.2 Å². The van der Waals surface area contributed by atoms with Gasteiger partial charge in [-0.05, 0) is 141 Å². The lowest BCUT2D eigenvalue weighted by Crippen LogP contribution is -2.30. The van der Waals surface area contributed by atoms with Gasteiger partial charge in [-0.1, -0.05) is 289 Å². The Labute approximate surface area is 512 Å². The summed E-state index contributed by atoms with van der Waals surface area (Å²) >= 11 is 0. The van der Waals surface area contributed by atoms with Crippen molar-refractivity contribution >= 4 is 17.9 Å². The first-order valence-corrected chi connectivity index (χ1v) is 34.3. The zero-order chi connectivity index (χ0) is 59.9. The predicted molar refractivity (Wildman–Crippen MR) is 362 cm³/mol. The zero-order valence-electron chi connectivity index (χ0n) is 53.9.